The molecular weight excluding hydrogens is 300 g/mol. The molecule has 0 aliphatic carbocycles. The normalized spacial score (nSPS) is 11.8. The molecule has 22 heavy (non-hydrogen) atoms. The molecule has 6 heteroatoms. The van der Waals surface area contributed by atoms with Crippen molar-refractivity contribution in [3.05, 3.63) is 46.9 Å². The third kappa shape index (κ3) is 4.18. The van der Waals surface area contributed by atoms with Crippen LogP contribution in [0.3, 0.4) is 0 Å². The molecule has 1 unspecified atom stereocenters. The van der Waals surface area contributed by atoms with Crippen LogP contribution in [0.15, 0.2) is 30.6 Å². The molecule has 5 nitrogen and oxygen atoms in total. The zero-order chi connectivity index (χ0) is 16.1. The Kier molecular flexibility index (Phi) is 5.33. The van der Waals surface area contributed by atoms with Gasteiger partial charge in [0.05, 0.1) is 12.4 Å². The van der Waals surface area contributed by atoms with Crippen LogP contribution in [-0.2, 0) is 0 Å². The maximum Gasteiger partial charge on any atom is 0.271 e. The van der Waals surface area contributed by atoms with Gasteiger partial charge in [-0.05, 0) is 38.0 Å². The zero-order valence-corrected chi connectivity index (χ0v) is 13.6. The average Bonchev–Trinajstić information content (AvgIpc) is 2.51. The second kappa shape index (κ2) is 7.22. The number of nitrogens with one attached hydrogen (secondary N) is 2. The zero-order valence-electron chi connectivity index (χ0n) is 12.9. The van der Waals surface area contributed by atoms with Crippen LogP contribution in [0.5, 0.6) is 0 Å². The van der Waals surface area contributed by atoms with E-state index in [1.807, 2.05) is 39.0 Å². The van der Waals surface area contributed by atoms with Crippen molar-refractivity contribution in [2.75, 3.05) is 5.32 Å². The van der Waals surface area contributed by atoms with Gasteiger partial charge in [-0.2, -0.15) is 0 Å². The summed E-state index contributed by atoms with van der Waals surface area (Å²) in [4.78, 5) is 20.3. The van der Waals surface area contributed by atoms with Crippen LogP contribution >= 0.6 is 11.6 Å². The number of hydrogen-bond acceptors (Lipinski definition) is 4. The molecule has 1 aromatic heterocycles. The molecule has 116 valence electrons. The number of amides is 1. The smallest absolute Gasteiger partial charge is 0.271 e. The Balaban J connectivity index is 2.09. The van der Waals surface area contributed by atoms with Crippen LogP contribution in [0.25, 0.3) is 0 Å². The summed E-state index contributed by atoms with van der Waals surface area (Å²) in [5.41, 5.74) is 2.21. The van der Waals surface area contributed by atoms with Crippen molar-refractivity contribution in [2.24, 2.45) is 0 Å². The average molecular weight is 319 g/mol. The Morgan fingerprint density at radius 1 is 1.32 bits per heavy atom. The molecule has 1 amide bonds. The summed E-state index contributed by atoms with van der Waals surface area (Å²) in [7, 11) is 0. The summed E-state index contributed by atoms with van der Waals surface area (Å²) >= 11 is 5.98. The first-order valence-corrected chi connectivity index (χ1v) is 7.53. The van der Waals surface area contributed by atoms with E-state index in [1.165, 1.54) is 12.4 Å². The number of carbonyl (C=O) groups excluding carboxylic acids is 1. The summed E-state index contributed by atoms with van der Waals surface area (Å²) in [5, 5.41) is 6.64. The number of hydrogen-bond donors (Lipinski definition) is 2. The van der Waals surface area contributed by atoms with Crippen LogP contribution in [0, 0.1) is 6.92 Å². The first kappa shape index (κ1) is 16.2. The van der Waals surface area contributed by atoms with Gasteiger partial charge in [-0.3, -0.25) is 4.79 Å². The summed E-state index contributed by atoms with van der Waals surface area (Å²) < 4.78 is 0. The number of nitrogens with zero attached hydrogens (tertiary/aromatic N) is 2. The molecule has 2 aromatic rings. The van der Waals surface area contributed by atoms with Gasteiger partial charge < -0.3 is 10.6 Å². The van der Waals surface area contributed by atoms with Crippen molar-refractivity contribution in [1.82, 2.24) is 15.3 Å². The van der Waals surface area contributed by atoms with Crippen LogP contribution in [-0.4, -0.2) is 21.9 Å². The Morgan fingerprint density at radius 3 is 2.73 bits per heavy atom. The summed E-state index contributed by atoms with van der Waals surface area (Å²) in [6.07, 6.45) is 3.86. The minimum absolute atomic E-state index is 0.112. The predicted molar refractivity (Wildman–Crippen MR) is 88.7 cm³/mol. The number of halogens is 1. The highest BCUT2D eigenvalue weighted by Gasteiger charge is 2.10. The predicted octanol–water partition coefficient (Wildman–Crippen LogP) is 3.71. The van der Waals surface area contributed by atoms with Gasteiger partial charge >= 0.3 is 0 Å². The van der Waals surface area contributed by atoms with Gasteiger partial charge in [0.2, 0.25) is 0 Å². The Labute approximate surface area is 135 Å². The van der Waals surface area contributed by atoms with Crippen LogP contribution < -0.4 is 10.6 Å². The lowest BCUT2D eigenvalue weighted by atomic mass is 10.2. The van der Waals surface area contributed by atoms with Gasteiger partial charge in [0.1, 0.15) is 11.5 Å². The van der Waals surface area contributed by atoms with E-state index in [2.05, 4.69) is 20.6 Å². The highest BCUT2D eigenvalue weighted by molar-refractivity contribution is 6.30. The third-order valence-corrected chi connectivity index (χ3v) is 3.57. The Morgan fingerprint density at radius 2 is 2.09 bits per heavy atom. The molecule has 1 atom stereocenters. The van der Waals surface area contributed by atoms with E-state index in [1.54, 1.807) is 0 Å². The molecule has 0 bridgehead atoms. The number of aromatic nitrogens is 2. The molecule has 0 saturated carbocycles. The van der Waals surface area contributed by atoms with Gasteiger partial charge in [-0.15, -0.1) is 0 Å². The molecule has 0 spiro atoms. The first-order valence-electron chi connectivity index (χ1n) is 7.15. The fourth-order valence-corrected chi connectivity index (χ4v) is 1.95. The van der Waals surface area contributed by atoms with E-state index in [-0.39, 0.29) is 11.9 Å². The van der Waals surface area contributed by atoms with Crippen molar-refractivity contribution in [3.63, 3.8) is 0 Å². The fraction of sp³-hybridized carbons (Fsp3) is 0.312. The van der Waals surface area contributed by atoms with E-state index in [9.17, 15) is 4.79 Å². The number of carbonyl (C=O) groups is 1. The maximum atomic E-state index is 11.9. The maximum absolute atomic E-state index is 11.9. The van der Waals surface area contributed by atoms with Gasteiger partial charge in [0.25, 0.3) is 5.91 Å². The molecule has 0 aliphatic heterocycles. The van der Waals surface area contributed by atoms with Crippen LogP contribution in [0.2, 0.25) is 5.02 Å². The molecule has 2 rings (SSSR count). The van der Waals surface area contributed by atoms with E-state index < -0.39 is 0 Å². The van der Waals surface area contributed by atoms with E-state index in [0.717, 1.165) is 17.7 Å². The topological polar surface area (TPSA) is 66.9 Å². The fourth-order valence-electron chi connectivity index (χ4n) is 1.78. The molecule has 0 saturated heterocycles. The van der Waals surface area contributed by atoms with E-state index in [4.69, 9.17) is 11.6 Å². The monoisotopic (exact) mass is 318 g/mol. The number of rotatable bonds is 5. The van der Waals surface area contributed by atoms with Crippen molar-refractivity contribution in [2.45, 2.75) is 33.2 Å². The van der Waals surface area contributed by atoms with Gasteiger partial charge in [0.15, 0.2) is 0 Å². The van der Waals surface area contributed by atoms with Gasteiger partial charge in [-0.25, -0.2) is 9.97 Å². The summed E-state index contributed by atoms with van der Waals surface area (Å²) in [6.45, 7) is 5.93. The standard InChI is InChI=1S/C16H19ClN4O/c1-4-11(3)20-16(22)14-8-19-15(9-18-14)21-13-7-12(17)6-5-10(13)2/h5-9,11H,4H2,1-3H3,(H,19,21)(H,20,22). The molecule has 0 radical (unpaired) electrons. The van der Waals surface area contributed by atoms with Gasteiger partial charge in [-0.1, -0.05) is 24.6 Å². The first-order chi connectivity index (χ1) is 10.5. The largest absolute Gasteiger partial charge is 0.348 e. The van der Waals surface area contributed by atoms with Crippen LogP contribution in [0.4, 0.5) is 11.5 Å². The Bertz CT molecular complexity index is 658. The van der Waals surface area contributed by atoms with Crippen molar-refractivity contribution in [3.8, 4) is 0 Å². The SMILES string of the molecule is CCC(C)NC(=O)c1cnc(Nc2cc(Cl)ccc2C)cn1. The quantitative estimate of drug-likeness (QED) is 0.882. The van der Waals surface area contributed by atoms with E-state index >= 15 is 0 Å². The molecular formula is C16H19ClN4O. The van der Waals surface area contributed by atoms with E-state index in [0.29, 0.717) is 16.5 Å². The lowest BCUT2D eigenvalue weighted by Gasteiger charge is -2.11. The minimum atomic E-state index is -0.215. The Hall–Kier alpha value is -2.14. The number of benzene rings is 1. The summed E-state index contributed by atoms with van der Waals surface area (Å²) in [6, 6.07) is 5.69. The molecule has 0 fully saturated rings. The highest BCUT2D eigenvalue weighted by Crippen LogP contribution is 2.22. The third-order valence-electron chi connectivity index (χ3n) is 3.34. The lowest BCUT2D eigenvalue weighted by molar-refractivity contribution is 0.0934. The van der Waals surface area contributed by atoms with Crippen molar-refractivity contribution >= 4 is 29.0 Å². The molecule has 2 N–H and O–H groups in total. The van der Waals surface area contributed by atoms with Crippen molar-refractivity contribution in [1.29, 1.82) is 0 Å². The lowest BCUT2D eigenvalue weighted by Crippen LogP contribution is -2.32. The van der Waals surface area contributed by atoms with Crippen LogP contribution in [0.1, 0.15) is 36.3 Å². The molecule has 0 aliphatic rings. The second-order valence-corrected chi connectivity index (χ2v) is 5.59. The van der Waals surface area contributed by atoms with Gasteiger partial charge in [0, 0.05) is 16.8 Å². The minimum Gasteiger partial charge on any atom is -0.348 e. The summed E-state index contributed by atoms with van der Waals surface area (Å²) in [5.74, 6) is 0.345. The number of aryl methyl sites for hydroxylation is 1. The van der Waals surface area contributed by atoms with Crippen molar-refractivity contribution < 1.29 is 4.79 Å². The molecule has 1 heterocycles. The second-order valence-electron chi connectivity index (χ2n) is 5.15. The number of anilines is 2. The highest BCUT2D eigenvalue weighted by atomic mass is 35.5. The molecule has 1 aromatic carbocycles.